The zero-order chi connectivity index (χ0) is 17.9. The summed E-state index contributed by atoms with van der Waals surface area (Å²) in [6.45, 7) is 3.17. The molecule has 128 valence electrons. The van der Waals surface area contributed by atoms with Crippen molar-refractivity contribution in [2.75, 3.05) is 18.9 Å². The van der Waals surface area contributed by atoms with E-state index in [2.05, 4.69) is 5.32 Å². The monoisotopic (exact) mass is 350 g/mol. The maximum absolute atomic E-state index is 13.7. The van der Waals surface area contributed by atoms with E-state index in [4.69, 9.17) is 0 Å². The van der Waals surface area contributed by atoms with Crippen LogP contribution >= 0.6 is 0 Å². The lowest BCUT2D eigenvalue weighted by atomic mass is 10.2. The van der Waals surface area contributed by atoms with Gasteiger partial charge in [-0.25, -0.2) is 12.8 Å². The summed E-state index contributed by atoms with van der Waals surface area (Å²) in [4.78, 5) is 12.1. The Kier molecular flexibility index (Phi) is 5.36. The van der Waals surface area contributed by atoms with Crippen LogP contribution in [-0.4, -0.2) is 32.2 Å². The van der Waals surface area contributed by atoms with Crippen molar-refractivity contribution >= 4 is 21.6 Å². The number of halogens is 1. The Morgan fingerprint density at radius 1 is 1.08 bits per heavy atom. The largest absolute Gasteiger partial charge is 0.322 e. The van der Waals surface area contributed by atoms with Gasteiger partial charge in [0.2, 0.25) is 15.9 Å². The zero-order valence-corrected chi connectivity index (χ0v) is 14.5. The summed E-state index contributed by atoms with van der Waals surface area (Å²) in [5.41, 5.74) is 1.68. The first kappa shape index (κ1) is 18.1. The smallest absolute Gasteiger partial charge is 0.243 e. The average molecular weight is 350 g/mol. The van der Waals surface area contributed by atoms with Crippen LogP contribution in [0, 0.1) is 19.7 Å². The molecule has 5 nitrogen and oxygen atoms in total. The summed E-state index contributed by atoms with van der Waals surface area (Å²) in [7, 11) is -2.48. The van der Waals surface area contributed by atoms with Crippen LogP contribution in [0.5, 0.6) is 0 Å². The Balaban J connectivity index is 2.09. The summed E-state index contributed by atoms with van der Waals surface area (Å²) in [6.07, 6.45) is 0. The van der Waals surface area contributed by atoms with E-state index in [1.165, 1.54) is 31.3 Å². The zero-order valence-electron chi connectivity index (χ0n) is 13.7. The van der Waals surface area contributed by atoms with Crippen LogP contribution in [0.15, 0.2) is 47.4 Å². The first-order valence-electron chi connectivity index (χ1n) is 7.29. The van der Waals surface area contributed by atoms with Crippen LogP contribution in [0.1, 0.15) is 11.1 Å². The minimum atomic E-state index is -3.78. The highest BCUT2D eigenvalue weighted by Crippen LogP contribution is 2.17. The Hall–Kier alpha value is -2.25. The van der Waals surface area contributed by atoms with Gasteiger partial charge in [-0.15, -0.1) is 0 Å². The summed E-state index contributed by atoms with van der Waals surface area (Å²) < 4.78 is 39.5. The van der Waals surface area contributed by atoms with Gasteiger partial charge in [0, 0.05) is 7.05 Å². The molecule has 0 saturated carbocycles. The molecule has 0 bridgehead atoms. The second-order valence-corrected chi connectivity index (χ2v) is 7.65. The summed E-state index contributed by atoms with van der Waals surface area (Å²) in [5.74, 6) is -1.18. The van der Waals surface area contributed by atoms with Crippen molar-refractivity contribution < 1.29 is 17.6 Å². The van der Waals surface area contributed by atoms with Crippen LogP contribution in [0.4, 0.5) is 10.1 Å². The topological polar surface area (TPSA) is 66.5 Å². The van der Waals surface area contributed by atoms with Gasteiger partial charge in [-0.2, -0.15) is 4.31 Å². The van der Waals surface area contributed by atoms with E-state index < -0.39 is 28.3 Å². The van der Waals surface area contributed by atoms with Crippen LogP contribution in [0.25, 0.3) is 0 Å². The lowest BCUT2D eigenvalue weighted by Gasteiger charge is -2.17. The molecule has 1 amide bonds. The minimum Gasteiger partial charge on any atom is -0.322 e. The van der Waals surface area contributed by atoms with Gasteiger partial charge >= 0.3 is 0 Å². The minimum absolute atomic E-state index is 0.0201. The van der Waals surface area contributed by atoms with Crippen LogP contribution in [0.3, 0.4) is 0 Å². The molecule has 0 aliphatic rings. The molecular formula is C17H19FN2O3S. The third kappa shape index (κ3) is 4.18. The molecule has 0 fully saturated rings. The predicted octanol–water partition coefficient (Wildman–Crippen LogP) is 2.70. The number of benzene rings is 2. The summed E-state index contributed by atoms with van der Waals surface area (Å²) in [6, 6.07) is 10.7. The van der Waals surface area contributed by atoms with E-state index in [1.807, 2.05) is 6.92 Å². The van der Waals surface area contributed by atoms with E-state index in [9.17, 15) is 17.6 Å². The highest BCUT2D eigenvalue weighted by atomic mass is 32.2. The highest BCUT2D eigenvalue weighted by molar-refractivity contribution is 7.89. The van der Waals surface area contributed by atoms with Gasteiger partial charge < -0.3 is 5.32 Å². The molecule has 24 heavy (non-hydrogen) atoms. The SMILES string of the molecule is Cc1ccc(S(=O)(=O)N(C)CC(=O)Nc2ccc(C)cc2F)cc1. The molecule has 0 heterocycles. The third-order valence-corrected chi connectivity index (χ3v) is 5.31. The van der Waals surface area contributed by atoms with Gasteiger partial charge in [-0.1, -0.05) is 23.8 Å². The average Bonchev–Trinajstić information content (AvgIpc) is 2.50. The number of amides is 1. The van der Waals surface area contributed by atoms with Crippen LogP contribution < -0.4 is 5.32 Å². The van der Waals surface area contributed by atoms with E-state index >= 15 is 0 Å². The van der Waals surface area contributed by atoms with E-state index in [0.29, 0.717) is 0 Å². The number of sulfonamides is 1. The first-order valence-corrected chi connectivity index (χ1v) is 8.73. The van der Waals surface area contributed by atoms with Crippen molar-refractivity contribution in [2.24, 2.45) is 0 Å². The van der Waals surface area contributed by atoms with Crippen molar-refractivity contribution in [3.63, 3.8) is 0 Å². The predicted molar refractivity (Wildman–Crippen MR) is 90.8 cm³/mol. The second-order valence-electron chi connectivity index (χ2n) is 5.61. The molecule has 0 aliphatic heterocycles. The number of anilines is 1. The van der Waals surface area contributed by atoms with Crippen molar-refractivity contribution in [1.29, 1.82) is 0 Å². The number of carbonyl (C=O) groups is 1. The molecule has 0 aliphatic carbocycles. The van der Waals surface area contributed by atoms with Crippen molar-refractivity contribution in [3.05, 3.63) is 59.4 Å². The first-order chi connectivity index (χ1) is 11.2. The Morgan fingerprint density at radius 2 is 1.67 bits per heavy atom. The lowest BCUT2D eigenvalue weighted by Crippen LogP contribution is -2.35. The van der Waals surface area contributed by atoms with Gasteiger partial charge in [0.05, 0.1) is 17.1 Å². The van der Waals surface area contributed by atoms with E-state index in [-0.39, 0.29) is 10.6 Å². The number of aryl methyl sites for hydroxylation is 2. The number of likely N-dealkylation sites (N-methyl/N-ethyl adjacent to an activating group) is 1. The molecule has 0 atom stereocenters. The molecule has 2 rings (SSSR count). The molecular weight excluding hydrogens is 331 g/mol. The van der Waals surface area contributed by atoms with Gasteiger partial charge in [0.1, 0.15) is 5.82 Å². The highest BCUT2D eigenvalue weighted by Gasteiger charge is 2.23. The van der Waals surface area contributed by atoms with Gasteiger partial charge in [0.15, 0.2) is 0 Å². The van der Waals surface area contributed by atoms with Gasteiger partial charge in [-0.05, 0) is 43.7 Å². The second kappa shape index (κ2) is 7.11. The molecule has 1 N–H and O–H groups in total. The molecule has 0 radical (unpaired) electrons. The van der Waals surface area contributed by atoms with Crippen LogP contribution in [-0.2, 0) is 14.8 Å². The Morgan fingerprint density at radius 3 is 2.25 bits per heavy atom. The number of hydrogen-bond donors (Lipinski definition) is 1. The van der Waals surface area contributed by atoms with E-state index in [1.54, 1.807) is 25.1 Å². The molecule has 0 aromatic heterocycles. The summed E-state index contributed by atoms with van der Waals surface area (Å²) in [5, 5.41) is 2.38. The van der Waals surface area contributed by atoms with Crippen molar-refractivity contribution in [2.45, 2.75) is 18.7 Å². The number of rotatable bonds is 5. The molecule has 7 heteroatoms. The van der Waals surface area contributed by atoms with Crippen molar-refractivity contribution in [1.82, 2.24) is 4.31 Å². The molecule has 2 aromatic rings. The quantitative estimate of drug-likeness (QED) is 0.902. The Bertz CT molecular complexity index is 849. The van der Waals surface area contributed by atoms with E-state index in [0.717, 1.165) is 15.4 Å². The number of hydrogen-bond acceptors (Lipinski definition) is 3. The van der Waals surface area contributed by atoms with Gasteiger partial charge in [-0.3, -0.25) is 4.79 Å². The maximum Gasteiger partial charge on any atom is 0.243 e. The fourth-order valence-electron chi connectivity index (χ4n) is 2.09. The normalized spacial score (nSPS) is 11.5. The Labute approximate surface area is 141 Å². The molecule has 0 unspecified atom stereocenters. The lowest BCUT2D eigenvalue weighted by molar-refractivity contribution is -0.116. The summed E-state index contributed by atoms with van der Waals surface area (Å²) >= 11 is 0. The third-order valence-electron chi connectivity index (χ3n) is 3.49. The number of nitrogens with one attached hydrogen (secondary N) is 1. The standard InChI is InChI=1S/C17H19FN2O3S/c1-12-4-7-14(8-5-12)24(22,23)20(3)11-17(21)19-16-9-6-13(2)10-15(16)18/h4-10H,11H2,1-3H3,(H,19,21). The molecule has 2 aromatic carbocycles. The molecule has 0 spiro atoms. The van der Waals surface area contributed by atoms with Crippen LogP contribution in [0.2, 0.25) is 0 Å². The number of carbonyl (C=O) groups excluding carboxylic acids is 1. The molecule has 0 saturated heterocycles. The fourth-order valence-corrected chi connectivity index (χ4v) is 3.22. The number of nitrogens with zero attached hydrogens (tertiary/aromatic N) is 1. The van der Waals surface area contributed by atoms with Gasteiger partial charge in [0.25, 0.3) is 0 Å². The van der Waals surface area contributed by atoms with Crippen molar-refractivity contribution in [3.8, 4) is 0 Å². The fraction of sp³-hybridized carbons (Fsp3) is 0.235. The maximum atomic E-state index is 13.7.